The van der Waals surface area contributed by atoms with Gasteiger partial charge in [0, 0.05) is 18.3 Å². The van der Waals surface area contributed by atoms with Crippen molar-refractivity contribution in [1.82, 2.24) is 4.90 Å². The average Bonchev–Trinajstić information content (AvgIpc) is 2.03. The van der Waals surface area contributed by atoms with Crippen LogP contribution < -0.4 is 0 Å². The molecule has 0 saturated carbocycles. The molecule has 1 aliphatic heterocycles. The molecule has 0 fully saturated rings. The first-order valence-corrected chi connectivity index (χ1v) is 4.70. The van der Waals surface area contributed by atoms with Crippen LogP contribution in [0, 0.1) is 0 Å². The highest BCUT2D eigenvalue weighted by atomic mass is 16.3. The van der Waals surface area contributed by atoms with Gasteiger partial charge in [0.2, 0.25) is 0 Å². The summed E-state index contributed by atoms with van der Waals surface area (Å²) in [6, 6.07) is 0. The lowest BCUT2D eigenvalue weighted by Crippen LogP contribution is -2.39. The predicted octanol–water partition coefficient (Wildman–Crippen LogP) is 1.92. The molecule has 0 radical (unpaired) electrons. The standard InChI is InChI=1S/C11H19NO/c1-9-5-6-12(11(2,3)4)7-10(9)8-13/h5,7,13H,6,8H2,1-4H3. The maximum absolute atomic E-state index is 9.11. The molecule has 2 nitrogen and oxygen atoms in total. The summed E-state index contributed by atoms with van der Waals surface area (Å²) in [6.07, 6.45) is 4.23. The molecule has 0 aromatic heterocycles. The molecule has 0 amide bonds. The van der Waals surface area contributed by atoms with Crippen LogP contribution in [0.1, 0.15) is 27.7 Å². The topological polar surface area (TPSA) is 23.5 Å². The summed E-state index contributed by atoms with van der Waals surface area (Å²) >= 11 is 0. The van der Waals surface area contributed by atoms with Gasteiger partial charge in [0.25, 0.3) is 0 Å². The van der Waals surface area contributed by atoms with Crippen LogP contribution in [-0.4, -0.2) is 28.7 Å². The molecule has 1 N–H and O–H groups in total. The second-order valence-electron chi connectivity index (χ2n) is 4.52. The predicted molar refractivity (Wildman–Crippen MR) is 55.4 cm³/mol. The van der Waals surface area contributed by atoms with E-state index in [1.165, 1.54) is 5.57 Å². The molecule has 2 heteroatoms. The molecule has 13 heavy (non-hydrogen) atoms. The molecule has 0 bridgehead atoms. The van der Waals surface area contributed by atoms with E-state index in [4.69, 9.17) is 5.11 Å². The summed E-state index contributed by atoms with van der Waals surface area (Å²) in [7, 11) is 0. The zero-order valence-electron chi connectivity index (χ0n) is 8.96. The van der Waals surface area contributed by atoms with Crippen LogP contribution in [0.15, 0.2) is 23.4 Å². The highest BCUT2D eigenvalue weighted by Crippen LogP contribution is 2.22. The Hall–Kier alpha value is -0.760. The van der Waals surface area contributed by atoms with Crippen LogP contribution in [0.25, 0.3) is 0 Å². The quantitative estimate of drug-likeness (QED) is 0.668. The zero-order valence-corrected chi connectivity index (χ0v) is 8.96. The summed E-state index contributed by atoms with van der Waals surface area (Å²) in [4.78, 5) is 2.24. The minimum atomic E-state index is 0.134. The highest BCUT2D eigenvalue weighted by molar-refractivity contribution is 5.32. The van der Waals surface area contributed by atoms with Crippen molar-refractivity contribution >= 4 is 0 Å². The molecule has 0 unspecified atom stereocenters. The molecule has 0 saturated heterocycles. The molecular formula is C11H19NO. The fraction of sp³-hybridized carbons (Fsp3) is 0.636. The van der Waals surface area contributed by atoms with Crippen molar-refractivity contribution in [3.63, 3.8) is 0 Å². The van der Waals surface area contributed by atoms with E-state index in [9.17, 15) is 0 Å². The van der Waals surface area contributed by atoms with Crippen molar-refractivity contribution in [2.75, 3.05) is 13.2 Å². The summed E-state index contributed by atoms with van der Waals surface area (Å²) in [6.45, 7) is 9.64. The number of aliphatic hydroxyl groups excluding tert-OH is 1. The zero-order chi connectivity index (χ0) is 10.1. The normalized spacial score (nSPS) is 18.4. The van der Waals surface area contributed by atoms with Gasteiger partial charge in [-0.25, -0.2) is 0 Å². The highest BCUT2D eigenvalue weighted by Gasteiger charge is 2.20. The molecule has 0 spiro atoms. The third kappa shape index (κ3) is 2.34. The fourth-order valence-electron chi connectivity index (χ4n) is 1.34. The summed E-state index contributed by atoms with van der Waals surface area (Å²) in [5, 5.41) is 9.11. The molecule has 1 heterocycles. The van der Waals surface area contributed by atoms with E-state index in [0.29, 0.717) is 0 Å². The molecule has 1 rings (SSSR count). The molecule has 1 aliphatic rings. The molecule has 0 aromatic rings. The minimum absolute atomic E-state index is 0.134. The SMILES string of the molecule is CC1=CCN(C(C)(C)C)C=C1CO. The molecule has 74 valence electrons. The Balaban J connectivity index is 2.83. The largest absolute Gasteiger partial charge is 0.392 e. The smallest absolute Gasteiger partial charge is 0.0698 e. The van der Waals surface area contributed by atoms with E-state index in [1.807, 2.05) is 6.92 Å². The van der Waals surface area contributed by atoms with E-state index >= 15 is 0 Å². The third-order valence-electron chi connectivity index (χ3n) is 2.44. The van der Waals surface area contributed by atoms with Crippen molar-refractivity contribution in [1.29, 1.82) is 0 Å². The van der Waals surface area contributed by atoms with E-state index < -0.39 is 0 Å². The first-order chi connectivity index (χ1) is 5.95. The number of nitrogens with zero attached hydrogens (tertiary/aromatic N) is 1. The Morgan fingerprint density at radius 3 is 2.54 bits per heavy atom. The van der Waals surface area contributed by atoms with Crippen LogP contribution in [0.2, 0.25) is 0 Å². The number of hydrogen-bond donors (Lipinski definition) is 1. The van der Waals surface area contributed by atoms with Gasteiger partial charge in [-0.2, -0.15) is 0 Å². The Labute approximate surface area is 80.6 Å². The van der Waals surface area contributed by atoms with Gasteiger partial charge in [0.1, 0.15) is 0 Å². The monoisotopic (exact) mass is 181 g/mol. The van der Waals surface area contributed by atoms with Crippen LogP contribution in [0.4, 0.5) is 0 Å². The van der Waals surface area contributed by atoms with Gasteiger partial charge in [-0.3, -0.25) is 0 Å². The van der Waals surface area contributed by atoms with Gasteiger partial charge in [-0.15, -0.1) is 0 Å². The Bertz CT molecular complexity index is 245. The molecule has 0 aromatic carbocycles. The lowest BCUT2D eigenvalue weighted by molar-refractivity contribution is 0.217. The average molecular weight is 181 g/mol. The fourth-order valence-corrected chi connectivity index (χ4v) is 1.34. The van der Waals surface area contributed by atoms with Crippen LogP contribution in [-0.2, 0) is 0 Å². The van der Waals surface area contributed by atoms with E-state index in [2.05, 4.69) is 37.9 Å². The Morgan fingerprint density at radius 1 is 1.46 bits per heavy atom. The van der Waals surface area contributed by atoms with Gasteiger partial charge in [-0.1, -0.05) is 6.08 Å². The third-order valence-corrected chi connectivity index (χ3v) is 2.44. The summed E-state index contributed by atoms with van der Waals surface area (Å²) in [5.74, 6) is 0. The van der Waals surface area contributed by atoms with Gasteiger partial charge < -0.3 is 10.0 Å². The van der Waals surface area contributed by atoms with Crippen molar-refractivity contribution in [2.45, 2.75) is 33.2 Å². The van der Waals surface area contributed by atoms with Crippen LogP contribution in [0.5, 0.6) is 0 Å². The van der Waals surface area contributed by atoms with E-state index in [0.717, 1.165) is 12.1 Å². The number of hydrogen-bond acceptors (Lipinski definition) is 2. The summed E-state index contributed by atoms with van der Waals surface area (Å²) in [5.41, 5.74) is 2.36. The van der Waals surface area contributed by atoms with Gasteiger partial charge in [0.15, 0.2) is 0 Å². The van der Waals surface area contributed by atoms with E-state index in [1.54, 1.807) is 0 Å². The molecular weight excluding hydrogens is 162 g/mol. The van der Waals surface area contributed by atoms with Crippen molar-refractivity contribution in [2.24, 2.45) is 0 Å². The van der Waals surface area contributed by atoms with Crippen molar-refractivity contribution in [3.05, 3.63) is 23.4 Å². The summed E-state index contributed by atoms with van der Waals surface area (Å²) < 4.78 is 0. The first-order valence-electron chi connectivity index (χ1n) is 4.70. The molecule has 0 atom stereocenters. The van der Waals surface area contributed by atoms with Gasteiger partial charge in [0.05, 0.1) is 6.61 Å². The second-order valence-corrected chi connectivity index (χ2v) is 4.52. The first kappa shape index (κ1) is 10.3. The Morgan fingerprint density at radius 2 is 2.08 bits per heavy atom. The Kier molecular flexibility index (Phi) is 2.81. The molecule has 0 aliphatic carbocycles. The van der Waals surface area contributed by atoms with Crippen molar-refractivity contribution < 1.29 is 5.11 Å². The van der Waals surface area contributed by atoms with Gasteiger partial charge >= 0.3 is 0 Å². The van der Waals surface area contributed by atoms with Crippen molar-refractivity contribution in [3.8, 4) is 0 Å². The van der Waals surface area contributed by atoms with E-state index in [-0.39, 0.29) is 12.1 Å². The van der Waals surface area contributed by atoms with Crippen LogP contribution >= 0.6 is 0 Å². The lowest BCUT2D eigenvalue weighted by atomic mass is 10.0. The van der Waals surface area contributed by atoms with Crippen LogP contribution in [0.3, 0.4) is 0 Å². The maximum atomic E-state index is 9.11. The lowest BCUT2D eigenvalue weighted by Gasteiger charge is -2.37. The minimum Gasteiger partial charge on any atom is -0.392 e. The maximum Gasteiger partial charge on any atom is 0.0698 e. The number of aliphatic hydroxyl groups is 1. The number of rotatable bonds is 1. The second kappa shape index (κ2) is 3.54. The van der Waals surface area contributed by atoms with Gasteiger partial charge in [-0.05, 0) is 38.8 Å².